The summed E-state index contributed by atoms with van der Waals surface area (Å²) in [6, 6.07) is 25.3. The van der Waals surface area contributed by atoms with Crippen LogP contribution in [-0.4, -0.2) is 11.9 Å². The van der Waals surface area contributed by atoms with E-state index in [9.17, 15) is 4.79 Å². The average molecular weight is 299 g/mol. The van der Waals surface area contributed by atoms with Gasteiger partial charge in [0.1, 0.15) is 0 Å². The monoisotopic (exact) mass is 299 g/mol. The molecule has 0 atom stereocenters. The van der Waals surface area contributed by atoms with Gasteiger partial charge in [0.2, 0.25) is 5.90 Å². The van der Waals surface area contributed by atoms with Crippen LogP contribution in [0.5, 0.6) is 0 Å². The third-order valence-electron chi connectivity index (χ3n) is 3.75. The molecule has 110 valence electrons. The lowest BCUT2D eigenvalue weighted by atomic mass is 10.1. The second kappa shape index (κ2) is 5.54. The third kappa shape index (κ3) is 2.53. The first-order chi connectivity index (χ1) is 11.3. The topological polar surface area (TPSA) is 38.7 Å². The molecule has 0 spiro atoms. The van der Waals surface area contributed by atoms with Gasteiger partial charge in [-0.1, -0.05) is 54.6 Å². The molecule has 23 heavy (non-hydrogen) atoms. The molecular formula is C20H13NO2. The molecule has 0 amide bonds. The van der Waals surface area contributed by atoms with E-state index < -0.39 is 0 Å². The Morgan fingerprint density at radius 3 is 2.22 bits per heavy atom. The van der Waals surface area contributed by atoms with Gasteiger partial charge < -0.3 is 4.74 Å². The van der Waals surface area contributed by atoms with Crippen molar-refractivity contribution in [3.05, 3.63) is 90.0 Å². The molecule has 3 aromatic carbocycles. The number of nitrogens with zero attached hydrogens (tertiary/aromatic N) is 1. The first-order valence-electron chi connectivity index (χ1n) is 7.37. The zero-order chi connectivity index (χ0) is 15.6. The molecule has 3 aromatic rings. The second-order valence-electron chi connectivity index (χ2n) is 5.27. The maximum atomic E-state index is 11.9. The fourth-order valence-corrected chi connectivity index (χ4v) is 2.63. The van der Waals surface area contributed by atoms with Gasteiger partial charge in [-0.3, -0.25) is 0 Å². The van der Waals surface area contributed by atoms with Crippen LogP contribution in [0, 0.1) is 0 Å². The Morgan fingerprint density at radius 1 is 0.696 bits per heavy atom. The number of benzene rings is 3. The summed E-state index contributed by atoms with van der Waals surface area (Å²) < 4.78 is 5.29. The number of cyclic esters (lactones) is 1. The Morgan fingerprint density at radius 2 is 1.39 bits per heavy atom. The van der Waals surface area contributed by atoms with E-state index in [1.54, 1.807) is 6.07 Å². The average Bonchev–Trinajstić information content (AvgIpc) is 2.92. The third-order valence-corrected chi connectivity index (χ3v) is 3.75. The Bertz CT molecular complexity index is 914. The van der Waals surface area contributed by atoms with Crippen molar-refractivity contribution in [1.29, 1.82) is 0 Å². The largest absolute Gasteiger partial charge is 0.403 e. The summed E-state index contributed by atoms with van der Waals surface area (Å²) in [5.74, 6) is 0.00868. The van der Waals surface area contributed by atoms with Crippen LogP contribution in [0.2, 0.25) is 0 Å². The van der Waals surface area contributed by atoms with Gasteiger partial charge in [0.25, 0.3) is 0 Å². The summed E-state index contributed by atoms with van der Waals surface area (Å²) >= 11 is 0. The van der Waals surface area contributed by atoms with Gasteiger partial charge in [0.15, 0.2) is 0 Å². The minimum absolute atomic E-state index is 0.349. The van der Waals surface area contributed by atoms with Gasteiger partial charge in [-0.15, -0.1) is 0 Å². The van der Waals surface area contributed by atoms with E-state index in [2.05, 4.69) is 17.1 Å². The lowest BCUT2D eigenvalue weighted by Gasteiger charge is -2.03. The van der Waals surface area contributed by atoms with Crippen LogP contribution >= 0.6 is 0 Å². The van der Waals surface area contributed by atoms with E-state index in [4.69, 9.17) is 4.74 Å². The van der Waals surface area contributed by atoms with E-state index in [0.717, 1.165) is 22.4 Å². The van der Waals surface area contributed by atoms with Gasteiger partial charge >= 0.3 is 5.97 Å². The van der Waals surface area contributed by atoms with E-state index in [0.29, 0.717) is 11.5 Å². The van der Waals surface area contributed by atoms with Gasteiger partial charge in [-0.2, -0.15) is 0 Å². The summed E-state index contributed by atoms with van der Waals surface area (Å²) in [6.45, 7) is 0. The smallest absolute Gasteiger partial charge is 0.345 e. The van der Waals surface area contributed by atoms with Crippen molar-refractivity contribution in [2.75, 3.05) is 0 Å². The van der Waals surface area contributed by atoms with Crippen LogP contribution in [-0.2, 0) is 4.74 Å². The predicted octanol–water partition coefficient (Wildman–Crippen LogP) is 4.60. The Kier molecular flexibility index (Phi) is 3.24. The van der Waals surface area contributed by atoms with Crippen LogP contribution in [0.3, 0.4) is 0 Å². The predicted molar refractivity (Wildman–Crippen MR) is 89.9 cm³/mol. The van der Waals surface area contributed by atoms with Crippen molar-refractivity contribution < 1.29 is 9.53 Å². The second-order valence-corrected chi connectivity index (χ2v) is 5.27. The number of rotatable bonds is 2. The number of fused-ring (bicyclic) bond motifs is 1. The van der Waals surface area contributed by atoms with E-state index in [1.165, 1.54) is 0 Å². The van der Waals surface area contributed by atoms with Gasteiger partial charge in [0.05, 0.1) is 16.8 Å². The summed E-state index contributed by atoms with van der Waals surface area (Å²) in [6.07, 6.45) is 0. The van der Waals surface area contributed by atoms with Gasteiger partial charge in [-0.25, -0.2) is 9.79 Å². The normalized spacial score (nSPS) is 14.6. The molecule has 1 heterocycles. The summed E-state index contributed by atoms with van der Waals surface area (Å²) in [5.41, 5.74) is 4.25. The van der Waals surface area contributed by atoms with Crippen molar-refractivity contribution >= 4 is 17.6 Å². The highest BCUT2D eigenvalue weighted by Crippen LogP contribution is 2.27. The number of hydrogen-bond donors (Lipinski definition) is 0. The molecule has 1 aliphatic heterocycles. The van der Waals surface area contributed by atoms with Crippen LogP contribution in [0.25, 0.3) is 11.1 Å². The molecule has 0 saturated carbocycles. The van der Waals surface area contributed by atoms with Crippen LogP contribution < -0.4 is 0 Å². The summed E-state index contributed by atoms with van der Waals surface area (Å²) in [7, 11) is 0. The quantitative estimate of drug-likeness (QED) is 0.648. The molecule has 0 radical (unpaired) electrons. The molecule has 0 aromatic heterocycles. The zero-order valence-corrected chi connectivity index (χ0v) is 12.3. The lowest BCUT2D eigenvalue weighted by molar-refractivity contribution is 0.0737. The van der Waals surface area contributed by atoms with Crippen molar-refractivity contribution in [1.82, 2.24) is 0 Å². The fourth-order valence-electron chi connectivity index (χ4n) is 2.63. The maximum absolute atomic E-state index is 11.9. The zero-order valence-electron chi connectivity index (χ0n) is 12.3. The van der Waals surface area contributed by atoms with E-state index in [-0.39, 0.29) is 5.97 Å². The minimum Gasteiger partial charge on any atom is -0.403 e. The van der Waals surface area contributed by atoms with E-state index in [1.807, 2.05) is 60.7 Å². The Balaban J connectivity index is 1.75. The van der Waals surface area contributed by atoms with Gasteiger partial charge in [0, 0.05) is 0 Å². The van der Waals surface area contributed by atoms with Crippen molar-refractivity contribution in [2.24, 2.45) is 4.99 Å². The maximum Gasteiger partial charge on any atom is 0.345 e. The molecule has 1 aliphatic rings. The highest BCUT2D eigenvalue weighted by molar-refractivity contribution is 6.17. The summed E-state index contributed by atoms with van der Waals surface area (Å²) in [5, 5.41) is 0. The molecule has 0 fully saturated rings. The van der Waals surface area contributed by atoms with Crippen molar-refractivity contribution in [3.63, 3.8) is 0 Å². The first-order valence-corrected chi connectivity index (χ1v) is 7.37. The van der Waals surface area contributed by atoms with Crippen molar-refractivity contribution in [2.45, 2.75) is 0 Å². The molecule has 3 heteroatoms. The molecule has 0 unspecified atom stereocenters. The van der Waals surface area contributed by atoms with Crippen LogP contribution in [0.15, 0.2) is 83.9 Å². The van der Waals surface area contributed by atoms with E-state index >= 15 is 0 Å². The highest BCUT2D eigenvalue weighted by atomic mass is 16.5. The SMILES string of the molecule is O=C1O/C(=N\c2cccc(-c3ccccc3)c2)c2ccccc21. The molecular weight excluding hydrogens is 286 g/mol. The lowest BCUT2D eigenvalue weighted by Crippen LogP contribution is -1.99. The van der Waals surface area contributed by atoms with Crippen LogP contribution in [0.4, 0.5) is 5.69 Å². The Hall–Kier alpha value is -3.20. The molecule has 0 N–H and O–H groups in total. The number of carbonyl (C=O) groups excluding carboxylic acids is 1. The van der Waals surface area contributed by atoms with Crippen LogP contribution in [0.1, 0.15) is 15.9 Å². The van der Waals surface area contributed by atoms with Gasteiger partial charge in [-0.05, 0) is 35.4 Å². The molecule has 0 bridgehead atoms. The fraction of sp³-hybridized carbons (Fsp3) is 0. The molecule has 0 saturated heterocycles. The molecule has 0 aliphatic carbocycles. The highest BCUT2D eigenvalue weighted by Gasteiger charge is 2.27. The number of carbonyl (C=O) groups is 1. The standard InChI is InChI=1S/C20H13NO2/c22-20-18-12-5-4-11-17(18)19(23-20)21-16-10-6-9-15(13-16)14-7-2-1-3-8-14/h1-13H/b21-19-. The Labute approximate surface area is 133 Å². The number of esters is 1. The van der Waals surface area contributed by atoms with Crippen molar-refractivity contribution in [3.8, 4) is 11.1 Å². The number of ether oxygens (including phenoxy) is 1. The molecule has 4 rings (SSSR count). The number of aliphatic imine (C=N–C) groups is 1. The number of hydrogen-bond acceptors (Lipinski definition) is 3. The summed E-state index contributed by atoms with van der Waals surface area (Å²) in [4.78, 5) is 16.4. The first kappa shape index (κ1) is 13.5. The minimum atomic E-state index is -0.349. The molecule has 3 nitrogen and oxygen atoms in total.